The Morgan fingerprint density at radius 3 is 2.85 bits per heavy atom. The topological polar surface area (TPSA) is 104 Å². The van der Waals surface area contributed by atoms with E-state index in [0.29, 0.717) is 39.4 Å². The SMILES string of the molecule is Cc1ncnc2c1ccn2[C@@H]1C[C@@]2(CC(=O)N(c3ccc4cc(Br)c(Cl)nc4c3)C2)[C@@H](O)[C@H]1O. The van der Waals surface area contributed by atoms with Crippen molar-refractivity contribution in [2.45, 2.75) is 38.0 Å². The molecule has 34 heavy (non-hydrogen) atoms. The van der Waals surface area contributed by atoms with Gasteiger partial charge in [-0.25, -0.2) is 15.0 Å². The second-order valence-corrected chi connectivity index (χ2v) is 10.5. The van der Waals surface area contributed by atoms with Gasteiger partial charge in [-0.05, 0) is 53.5 Å². The second-order valence-electron chi connectivity index (χ2n) is 9.28. The summed E-state index contributed by atoms with van der Waals surface area (Å²) in [5.41, 5.74) is 2.18. The lowest BCUT2D eigenvalue weighted by Gasteiger charge is -2.27. The van der Waals surface area contributed by atoms with E-state index in [9.17, 15) is 15.0 Å². The number of rotatable bonds is 2. The predicted octanol–water partition coefficient (Wildman–Crippen LogP) is 3.79. The molecule has 0 radical (unpaired) electrons. The van der Waals surface area contributed by atoms with Crippen molar-refractivity contribution in [3.63, 3.8) is 0 Å². The van der Waals surface area contributed by atoms with Gasteiger partial charge in [0.2, 0.25) is 5.91 Å². The standard InChI is InChI=1S/C24H21BrClN5O3/c1-12-15-4-5-30(23(15)28-11-27-12)18-8-24(21(34)20(18)33)9-19(32)31(10-24)14-3-2-13-6-16(25)22(26)29-17(13)7-14/h2-7,11,18,20-21,33-34H,8-10H2,1H3/t18-,20+,21+,24+/m1/s1. The average molecular weight is 543 g/mol. The minimum Gasteiger partial charge on any atom is -0.390 e. The molecular formula is C24H21BrClN5O3. The molecule has 3 aromatic heterocycles. The quantitative estimate of drug-likeness (QED) is 0.374. The van der Waals surface area contributed by atoms with Gasteiger partial charge in [-0.1, -0.05) is 17.7 Å². The number of anilines is 1. The number of halogens is 2. The van der Waals surface area contributed by atoms with Crippen LogP contribution in [0.4, 0.5) is 5.69 Å². The summed E-state index contributed by atoms with van der Waals surface area (Å²) in [5.74, 6) is -0.0926. The molecule has 4 atom stereocenters. The van der Waals surface area contributed by atoms with Gasteiger partial charge in [-0.15, -0.1) is 0 Å². The van der Waals surface area contributed by atoms with Crippen molar-refractivity contribution < 1.29 is 15.0 Å². The number of benzene rings is 1. The third kappa shape index (κ3) is 3.18. The van der Waals surface area contributed by atoms with E-state index in [2.05, 4.69) is 30.9 Å². The Kier molecular flexibility index (Phi) is 4.97. The van der Waals surface area contributed by atoms with E-state index in [1.54, 1.807) is 4.90 Å². The van der Waals surface area contributed by atoms with Gasteiger partial charge in [-0.3, -0.25) is 4.79 Å². The van der Waals surface area contributed by atoms with Crippen LogP contribution in [-0.2, 0) is 4.79 Å². The van der Waals surface area contributed by atoms with Crippen LogP contribution in [0.25, 0.3) is 21.9 Å². The minimum absolute atomic E-state index is 0.0926. The number of amides is 1. The highest BCUT2D eigenvalue weighted by Crippen LogP contribution is 2.52. The number of nitrogens with zero attached hydrogens (tertiary/aromatic N) is 5. The van der Waals surface area contributed by atoms with Crippen molar-refractivity contribution in [2.75, 3.05) is 11.4 Å². The largest absolute Gasteiger partial charge is 0.390 e. The summed E-state index contributed by atoms with van der Waals surface area (Å²) in [6.45, 7) is 2.22. The summed E-state index contributed by atoms with van der Waals surface area (Å²) < 4.78 is 2.61. The van der Waals surface area contributed by atoms with Gasteiger partial charge in [0, 0.05) is 41.0 Å². The fraction of sp³-hybridized carbons (Fsp3) is 0.333. The average Bonchev–Trinajstić information content (AvgIpc) is 3.45. The van der Waals surface area contributed by atoms with Crippen LogP contribution in [0.5, 0.6) is 0 Å². The first-order valence-corrected chi connectivity index (χ1v) is 12.1. The number of hydrogen-bond donors (Lipinski definition) is 2. The second kappa shape index (κ2) is 7.71. The number of aromatic nitrogens is 4. The maximum atomic E-state index is 13.1. The molecule has 2 aliphatic rings. The van der Waals surface area contributed by atoms with Gasteiger partial charge in [0.05, 0.1) is 27.8 Å². The third-order valence-electron chi connectivity index (χ3n) is 7.33. The van der Waals surface area contributed by atoms with Crippen molar-refractivity contribution in [3.8, 4) is 0 Å². The van der Waals surface area contributed by atoms with E-state index < -0.39 is 23.7 Å². The van der Waals surface area contributed by atoms with Crippen LogP contribution in [0.3, 0.4) is 0 Å². The predicted molar refractivity (Wildman–Crippen MR) is 132 cm³/mol. The zero-order valence-electron chi connectivity index (χ0n) is 18.2. The smallest absolute Gasteiger partial charge is 0.227 e. The molecule has 0 unspecified atom stereocenters. The van der Waals surface area contributed by atoms with Gasteiger partial charge in [0.25, 0.3) is 0 Å². The molecule has 1 aliphatic carbocycles. The van der Waals surface area contributed by atoms with Gasteiger partial charge in [0.15, 0.2) is 0 Å². The Morgan fingerprint density at radius 2 is 2.03 bits per heavy atom. The van der Waals surface area contributed by atoms with Crippen LogP contribution in [0.15, 0.2) is 47.3 Å². The van der Waals surface area contributed by atoms with Crippen LogP contribution in [-0.4, -0.2) is 54.4 Å². The molecule has 1 amide bonds. The molecule has 2 N–H and O–H groups in total. The molecule has 1 aliphatic heterocycles. The zero-order chi connectivity index (χ0) is 23.8. The highest BCUT2D eigenvalue weighted by molar-refractivity contribution is 9.10. The lowest BCUT2D eigenvalue weighted by atomic mass is 9.82. The van der Waals surface area contributed by atoms with Crippen LogP contribution in [0, 0.1) is 12.3 Å². The summed E-state index contributed by atoms with van der Waals surface area (Å²) in [5, 5.41) is 24.4. The fourth-order valence-corrected chi connectivity index (χ4v) is 6.04. The van der Waals surface area contributed by atoms with E-state index in [4.69, 9.17) is 11.6 Å². The number of aryl methyl sites for hydroxylation is 1. The van der Waals surface area contributed by atoms with E-state index in [0.717, 1.165) is 16.5 Å². The molecule has 0 bridgehead atoms. The Bertz CT molecular complexity index is 1480. The normalized spacial score (nSPS) is 27.0. The van der Waals surface area contributed by atoms with Crippen molar-refractivity contribution in [3.05, 3.63) is 58.2 Å². The number of carbonyl (C=O) groups is 1. The molecule has 10 heteroatoms. The summed E-state index contributed by atoms with van der Waals surface area (Å²) in [6.07, 6.45) is 1.92. The summed E-state index contributed by atoms with van der Waals surface area (Å²) in [6, 6.07) is 9.01. The van der Waals surface area contributed by atoms with Gasteiger partial charge in [-0.2, -0.15) is 0 Å². The molecule has 6 rings (SSSR count). The molecule has 1 spiro atoms. The van der Waals surface area contributed by atoms with Crippen LogP contribution in [0.2, 0.25) is 5.15 Å². The Hall–Kier alpha value is -2.59. The van der Waals surface area contributed by atoms with Gasteiger partial charge in [0.1, 0.15) is 23.2 Å². The van der Waals surface area contributed by atoms with Crippen LogP contribution < -0.4 is 4.90 Å². The highest BCUT2D eigenvalue weighted by atomic mass is 79.9. The van der Waals surface area contributed by atoms with Gasteiger partial charge >= 0.3 is 0 Å². The highest BCUT2D eigenvalue weighted by Gasteiger charge is 2.58. The molecule has 8 nitrogen and oxygen atoms in total. The molecule has 4 aromatic rings. The van der Waals surface area contributed by atoms with E-state index in [1.165, 1.54) is 6.33 Å². The molecule has 174 valence electrons. The maximum absolute atomic E-state index is 13.1. The molecule has 1 aromatic carbocycles. The minimum atomic E-state index is -1.05. The summed E-state index contributed by atoms with van der Waals surface area (Å²) in [7, 11) is 0. The first kappa shape index (κ1) is 21.9. The number of carbonyl (C=O) groups excluding carboxylic acids is 1. The number of hydrogen-bond acceptors (Lipinski definition) is 6. The third-order valence-corrected chi connectivity index (χ3v) is 8.45. The number of aliphatic hydroxyl groups is 2. The lowest BCUT2D eigenvalue weighted by Crippen LogP contribution is -2.38. The first-order valence-electron chi connectivity index (χ1n) is 11.0. The summed E-state index contributed by atoms with van der Waals surface area (Å²) >= 11 is 9.55. The zero-order valence-corrected chi connectivity index (χ0v) is 20.5. The number of pyridine rings is 1. The van der Waals surface area contributed by atoms with Crippen molar-refractivity contribution in [2.24, 2.45) is 5.41 Å². The monoisotopic (exact) mass is 541 g/mol. The van der Waals surface area contributed by atoms with Crippen LogP contribution >= 0.6 is 27.5 Å². The van der Waals surface area contributed by atoms with Crippen LogP contribution in [0.1, 0.15) is 24.6 Å². The molecular weight excluding hydrogens is 522 g/mol. The van der Waals surface area contributed by atoms with E-state index >= 15 is 0 Å². The van der Waals surface area contributed by atoms with E-state index in [-0.39, 0.29) is 12.3 Å². The molecule has 1 saturated heterocycles. The number of aliphatic hydroxyl groups excluding tert-OH is 2. The molecule has 4 heterocycles. The van der Waals surface area contributed by atoms with Crippen molar-refractivity contribution in [1.82, 2.24) is 19.5 Å². The number of fused-ring (bicyclic) bond motifs is 2. The Labute approximate surface area is 208 Å². The molecule has 1 saturated carbocycles. The molecule has 2 fully saturated rings. The van der Waals surface area contributed by atoms with Crippen molar-refractivity contribution >= 4 is 61.1 Å². The van der Waals surface area contributed by atoms with Crippen molar-refractivity contribution in [1.29, 1.82) is 0 Å². The maximum Gasteiger partial charge on any atom is 0.227 e. The van der Waals surface area contributed by atoms with E-state index in [1.807, 2.05) is 48.0 Å². The Morgan fingerprint density at radius 1 is 1.21 bits per heavy atom. The van der Waals surface area contributed by atoms with Gasteiger partial charge < -0.3 is 19.7 Å². The Balaban J connectivity index is 1.34. The first-order chi connectivity index (χ1) is 16.3. The fourth-order valence-electron chi connectivity index (χ4n) is 5.56. The lowest BCUT2D eigenvalue weighted by molar-refractivity contribution is -0.118. The summed E-state index contributed by atoms with van der Waals surface area (Å²) in [4.78, 5) is 27.9.